The Morgan fingerprint density at radius 2 is 2.06 bits per heavy atom. The molecule has 1 aliphatic rings. The van der Waals surface area contributed by atoms with Crippen LogP contribution in [-0.4, -0.2) is 52.0 Å². The Morgan fingerprint density at radius 3 is 2.56 bits per heavy atom. The fraction of sp³-hybridized carbons (Fsp3) is 0.636. The number of rotatable bonds is 2. The largest absolute Gasteiger partial charge is 0.359 e. The number of hydrogen-bond acceptors (Lipinski definition) is 4. The molecule has 1 fully saturated rings. The monoisotopic (exact) mass is 251 g/mol. The molecule has 1 saturated heterocycles. The summed E-state index contributed by atoms with van der Waals surface area (Å²) in [7, 11) is 1.64. The maximum absolute atomic E-state index is 12.0. The van der Waals surface area contributed by atoms with Crippen LogP contribution >= 0.6 is 0 Å². The van der Waals surface area contributed by atoms with Crippen molar-refractivity contribution in [2.75, 3.05) is 20.1 Å². The number of amides is 2. The lowest BCUT2D eigenvalue weighted by Crippen LogP contribution is -2.42. The lowest BCUT2D eigenvalue weighted by atomic mass is 9.96. The standard InChI is InChI=1S/C11H17N5O2/c1-7-13-9(15-14-7)11(18)16-5-3-8(4-6-16)10(17)12-2/h8H,3-6H2,1-2H3,(H,12,17)(H,13,14,15). The zero-order valence-corrected chi connectivity index (χ0v) is 10.6. The van der Waals surface area contributed by atoms with E-state index in [-0.39, 0.29) is 23.6 Å². The number of nitrogens with zero attached hydrogens (tertiary/aromatic N) is 3. The van der Waals surface area contributed by atoms with Crippen molar-refractivity contribution in [1.82, 2.24) is 25.4 Å². The van der Waals surface area contributed by atoms with Gasteiger partial charge in [0.25, 0.3) is 5.91 Å². The number of H-pyrrole nitrogens is 1. The fourth-order valence-corrected chi connectivity index (χ4v) is 2.13. The van der Waals surface area contributed by atoms with Crippen LogP contribution in [0.2, 0.25) is 0 Å². The normalized spacial score (nSPS) is 16.7. The van der Waals surface area contributed by atoms with E-state index in [0.29, 0.717) is 31.8 Å². The third-order valence-electron chi connectivity index (χ3n) is 3.19. The van der Waals surface area contributed by atoms with Gasteiger partial charge in [0, 0.05) is 26.1 Å². The first-order valence-electron chi connectivity index (χ1n) is 6.01. The highest BCUT2D eigenvalue weighted by Crippen LogP contribution is 2.18. The van der Waals surface area contributed by atoms with Crippen molar-refractivity contribution < 1.29 is 9.59 Å². The summed E-state index contributed by atoms with van der Waals surface area (Å²) in [4.78, 5) is 29.2. The quantitative estimate of drug-likeness (QED) is 0.755. The SMILES string of the molecule is CNC(=O)C1CCN(C(=O)c2n[nH]c(C)n2)CC1. The number of aromatic amines is 1. The summed E-state index contributed by atoms with van der Waals surface area (Å²) in [5.74, 6) is 0.711. The second kappa shape index (κ2) is 5.16. The van der Waals surface area contributed by atoms with E-state index < -0.39 is 0 Å². The van der Waals surface area contributed by atoms with Crippen molar-refractivity contribution in [3.8, 4) is 0 Å². The average molecular weight is 251 g/mol. The number of nitrogens with one attached hydrogen (secondary N) is 2. The summed E-state index contributed by atoms with van der Waals surface area (Å²) < 4.78 is 0. The summed E-state index contributed by atoms with van der Waals surface area (Å²) in [6.45, 7) is 2.90. The van der Waals surface area contributed by atoms with E-state index >= 15 is 0 Å². The number of hydrogen-bond donors (Lipinski definition) is 2. The van der Waals surface area contributed by atoms with E-state index in [2.05, 4.69) is 20.5 Å². The van der Waals surface area contributed by atoms with Gasteiger partial charge in [0.15, 0.2) is 0 Å². The molecule has 0 atom stereocenters. The molecule has 0 spiro atoms. The molecule has 7 heteroatoms. The number of aromatic nitrogens is 3. The summed E-state index contributed by atoms with van der Waals surface area (Å²) in [6.07, 6.45) is 1.38. The van der Waals surface area contributed by atoms with E-state index in [1.165, 1.54) is 0 Å². The van der Waals surface area contributed by atoms with E-state index in [1.54, 1.807) is 18.9 Å². The molecule has 0 aliphatic carbocycles. The molecule has 2 heterocycles. The first-order valence-corrected chi connectivity index (χ1v) is 6.01. The lowest BCUT2D eigenvalue weighted by Gasteiger charge is -2.30. The van der Waals surface area contributed by atoms with Gasteiger partial charge in [-0.05, 0) is 19.8 Å². The highest BCUT2D eigenvalue weighted by atomic mass is 16.2. The van der Waals surface area contributed by atoms with Gasteiger partial charge in [0.1, 0.15) is 5.82 Å². The maximum atomic E-state index is 12.0. The molecule has 0 bridgehead atoms. The van der Waals surface area contributed by atoms with E-state index in [9.17, 15) is 9.59 Å². The molecular weight excluding hydrogens is 234 g/mol. The Bertz CT molecular complexity index is 448. The van der Waals surface area contributed by atoms with Crippen LogP contribution in [0.1, 0.15) is 29.3 Å². The maximum Gasteiger partial charge on any atom is 0.293 e. The van der Waals surface area contributed by atoms with Crippen LogP contribution < -0.4 is 5.32 Å². The van der Waals surface area contributed by atoms with E-state index in [0.717, 1.165) is 0 Å². The Hall–Kier alpha value is -1.92. The zero-order chi connectivity index (χ0) is 13.1. The number of aryl methyl sites for hydroxylation is 1. The van der Waals surface area contributed by atoms with Gasteiger partial charge in [-0.2, -0.15) is 0 Å². The minimum atomic E-state index is -0.172. The van der Waals surface area contributed by atoms with Crippen molar-refractivity contribution in [1.29, 1.82) is 0 Å². The van der Waals surface area contributed by atoms with Gasteiger partial charge in [-0.25, -0.2) is 4.98 Å². The van der Waals surface area contributed by atoms with Gasteiger partial charge in [0.2, 0.25) is 11.7 Å². The summed E-state index contributed by atoms with van der Waals surface area (Å²) in [6, 6.07) is 0. The number of carbonyl (C=O) groups is 2. The highest BCUT2D eigenvalue weighted by Gasteiger charge is 2.28. The van der Waals surface area contributed by atoms with Crippen molar-refractivity contribution in [2.24, 2.45) is 5.92 Å². The Morgan fingerprint density at radius 1 is 1.39 bits per heavy atom. The second-order valence-electron chi connectivity index (χ2n) is 4.43. The molecule has 2 rings (SSSR count). The van der Waals surface area contributed by atoms with Crippen LogP contribution in [0.3, 0.4) is 0 Å². The predicted molar refractivity (Wildman–Crippen MR) is 63.8 cm³/mol. The van der Waals surface area contributed by atoms with Gasteiger partial charge in [-0.1, -0.05) is 0 Å². The number of piperidine rings is 1. The van der Waals surface area contributed by atoms with Gasteiger partial charge in [0.05, 0.1) is 0 Å². The molecule has 2 amide bonds. The first-order chi connectivity index (χ1) is 8.61. The van der Waals surface area contributed by atoms with Crippen molar-refractivity contribution in [3.63, 3.8) is 0 Å². The first kappa shape index (κ1) is 12.5. The summed E-state index contributed by atoms with van der Waals surface area (Å²) >= 11 is 0. The highest BCUT2D eigenvalue weighted by molar-refractivity contribution is 5.90. The van der Waals surface area contributed by atoms with Crippen LogP contribution in [0.15, 0.2) is 0 Å². The molecule has 0 saturated carbocycles. The van der Waals surface area contributed by atoms with Crippen molar-refractivity contribution >= 4 is 11.8 Å². The molecule has 0 unspecified atom stereocenters. The molecule has 18 heavy (non-hydrogen) atoms. The molecular formula is C11H17N5O2. The minimum Gasteiger partial charge on any atom is -0.359 e. The van der Waals surface area contributed by atoms with Gasteiger partial charge >= 0.3 is 0 Å². The Balaban J connectivity index is 1.94. The Labute approximate surface area is 105 Å². The van der Waals surface area contributed by atoms with Gasteiger partial charge in [-0.3, -0.25) is 14.7 Å². The lowest BCUT2D eigenvalue weighted by molar-refractivity contribution is -0.125. The molecule has 1 aromatic heterocycles. The average Bonchev–Trinajstić information content (AvgIpc) is 2.84. The smallest absolute Gasteiger partial charge is 0.293 e. The fourth-order valence-electron chi connectivity index (χ4n) is 2.13. The molecule has 7 nitrogen and oxygen atoms in total. The Kier molecular flexibility index (Phi) is 3.59. The zero-order valence-electron chi connectivity index (χ0n) is 10.6. The summed E-state index contributed by atoms with van der Waals surface area (Å²) in [5.41, 5.74) is 0. The van der Waals surface area contributed by atoms with Crippen LogP contribution in [-0.2, 0) is 4.79 Å². The molecule has 0 radical (unpaired) electrons. The van der Waals surface area contributed by atoms with Gasteiger partial charge in [-0.15, -0.1) is 5.10 Å². The third-order valence-corrected chi connectivity index (χ3v) is 3.19. The van der Waals surface area contributed by atoms with E-state index in [1.807, 2.05) is 0 Å². The van der Waals surface area contributed by atoms with Crippen LogP contribution in [0.5, 0.6) is 0 Å². The molecule has 2 N–H and O–H groups in total. The third kappa shape index (κ3) is 2.49. The van der Waals surface area contributed by atoms with Gasteiger partial charge < -0.3 is 10.2 Å². The topological polar surface area (TPSA) is 91.0 Å². The molecule has 98 valence electrons. The number of likely N-dealkylation sites (tertiary alicyclic amines) is 1. The van der Waals surface area contributed by atoms with Crippen LogP contribution in [0.25, 0.3) is 0 Å². The number of carbonyl (C=O) groups excluding carboxylic acids is 2. The van der Waals surface area contributed by atoms with Crippen LogP contribution in [0.4, 0.5) is 0 Å². The van der Waals surface area contributed by atoms with Crippen LogP contribution in [0, 0.1) is 12.8 Å². The van der Waals surface area contributed by atoms with Crippen molar-refractivity contribution in [2.45, 2.75) is 19.8 Å². The van der Waals surface area contributed by atoms with E-state index in [4.69, 9.17) is 0 Å². The van der Waals surface area contributed by atoms with Crippen molar-refractivity contribution in [3.05, 3.63) is 11.6 Å². The minimum absolute atomic E-state index is 0.00734. The molecule has 1 aromatic rings. The summed E-state index contributed by atoms with van der Waals surface area (Å²) in [5, 5.41) is 9.15. The second-order valence-corrected chi connectivity index (χ2v) is 4.43. The predicted octanol–water partition coefficient (Wildman–Crippen LogP) is -0.289. The molecule has 1 aliphatic heterocycles. The molecule has 0 aromatic carbocycles.